The lowest BCUT2D eigenvalue weighted by Gasteiger charge is -2.09. The van der Waals surface area contributed by atoms with Crippen molar-refractivity contribution in [1.82, 2.24) is 15.2 Å². The van der Waals surface area contributed by atoms with Crippen LogP contribution in [0.2, 0.25) is 0 Å². The summed E-state index contributed by atoms with van der Waals surface area (Å²) in [4.78, 5) is 28.8. The van der Waals surface area contributed by atoms with E-state index in [1.165, 1.54) is 48.3 Å². The minimum Gasteiger partial charge on any atom is -0.329 e. The summed E-state index contributed by atoms with van der Waals surface area (Å²) in [6.45, 7) is 0.414. The summed E-state index contributed by atoms with van der Waals surface area (Å²) in [5.41, 5.74) is 1.10. The first-order valence-corrected chi connectivity index (χ1v) is 8.12. The van der Waals surface area contributed by atoms with E-state index in [2.05, 4.69) is 15.7 Å². The molecule has 1 N–H and O–H groups in total. The van der Waals surface area contributed by atoms with E-state index < -0.39 is 0 Å². The van der Waals surface area contributed by atoms with Crippen molar-refractivity contribution in [3.63, 3.8) is 0 Å². The van der Waals surface area contributed by atoms with Gasteiger partial charge in [-0.15, -0.1) is 11.3 Å². The minimum absolute atomic E-state index is 0.110. The molecule has 3 rings (SSSR count). The third kappa shape index (κ3) is 3.00. The highest BCUT2D eigenvalue weighted by Gasteiger charge is 2.29. The van der Waals surface area contributed by atoms with Crippen molar-refractivity contribution in [2.24, 2.45) is 5.92 Å². The number of nitrogens with one attached hydrogen (secondary N) is 1. The zero-order valence-electron chi connectivity index (χ0n) is 11.4. The van der Waals surface area contributed by atoms with Gasteiger partial charge in [-0.2, -0.15) is 0 Å². The van der Waals surface area contributed by atoms with Crippen molar-refractivity contribution in [2.75, 3.05) is 6.54 Å². The average Bonchev–Trinajstić information content (AvgIpc) is 3.15. The van der Waals surface area contributed by atoms with Crippen molar-refractivity contribution in [3.8, 4) is 0 Å². The number of imide groups is 1. The summed E-state index contributed by atoms with van der Waals surface area (Å²) in [5, 5.41) is 5.43. The van der Waals surface area contributed by atoms with Crippen molar-refractivity contribution in [3.05, 3.63) is 16.1 Å². The first-order chi connectivity index (χ1) is 9.72. The van der Waals surface area contributed by atoms with Gasteiger partial charge >= 0.3 is 6.03 Å². The number of amides is 3. The quantitative estimate of drug-likeness (QED) is 0.847. The van der Waals surface area contributed by atoms with Gasteiger partial charge in [0.25, 0.3) is 0 Å². The van der Waals surface area contributed by atoms with Gasteiger partial charge in [0.05, 0.1) is 18.8 Å². The van der Waals surface area contributed by atoms with Crippen LogP contribution >= 0.6 is 11.3 Å². The van der Waals surface area contributed by atoms with E-state index in [1.54, 1.807) is 0 Å². The maximum atomic E-state index is 11.5. The fourth-order valence-corrected chi connectivity index (χ4v) is 3.75. The number of carbonyl (C=O) groups is 2. The maximum absolute atomic E-state index is 11.5. The highest BCUT2D eigenvalue weighted by atomic mass is 32.1. The molecule has 0 atom stereocenters. The highest BCUT2D eigenvalue weighted by Crippen LogP contribution is 2.29. The fraction of sp³-hybridized carbons (Fsp3) is 0.643. The van der Waals surface area contributed by atoms with Crippen molar-refractivity contribution in [1.29, 1.82) is 0 Å². The molecule has 1 saturated heterocycles. The molecule has 3 amide bonds. The van der Waals surface area contributed by atoms with Gasteiger partial charge in [0.1, 0.15) is 5.01 Å². The smallest absolute Gasteiger partial charge is 0.324 e. The second kappa shape index (κ2) is 5.91. The van der Waals surface area contributed by atoms with E-state index >= 15 is 0 Å². The number of hydrogen-bond acceptors (Lipinski definition) is 4. The normalized spacial score (nSPS) is 19.9. The molecule has 2 fully saturated rings. The standard InChI is InChI=1S/C14H19N3O2S/c18-13-7-15-14(19)17(13)8-12-16-11(9-20-12)6-5-10-3-1-2-4-10/h9-10H,1-8H2,(H,15,19). The number of carbonyl (C=O) groups excluding carboxylic acids is 2. The molecule has 1 aliphatic heterocycles. The third-order valence-electron chi connectivity index (χ3n) is 4.11. The number of nitrogens with zero attached hydrogens (tertiary/aromatic N) is 2. The summed E-state index contributed by atoms with van der Waals surface area (Å²) in [6, 6.07) is -0.308. The van der Waals surface area contributed by atoms with Crippen LogP contribution in [0.4, 0.5) is 4.79 Å². The van der Waals surface area contributed by atoms with Crippen LogP contribution in [-0.4, -0.2) is 28.4 Å². The number of aromatic nitrogens is 1. The second-order valence-electron chi connectivity index (χ2n) is 5.56. The van der Waals surface area contributed by atoms with E-state index in [4.69, 9.17) is 0 Å². The Bertz CT molecular complexity index is 492. The van der Waals surface area contributed by atoms with E-state index in [1.807, 2.05) is 0 Å². The summed E-state index contributed by atoms with van der Waals surface area (Å²) < 4.78 is 0. The topological polar surface area (TPSA) is 62.3 Å². The summed E-state index contributed by atoms with van der Waals surface area (Å²) in [5.74, 6) is 0.698. The Balaban J connectivity index is 1.53. The van der Waals surface area contributed by atoms with Crippen molar-refractivity contribution in [2.45, 2.75) is 45.1 Å². The molecular formula is C14H19N3O2S. The maximum Gasteiger partial charge on any atom is 0.324 e. The highest BCUT2D eigenvalue weighted by molar-refractivity contribution is 7.09. The average molecular weight is 293 g/mol. The van der Waals surface area contributed by atoms with Crippen LogP contribution in [-0.2, 0) is 17.8 Å². The third-order valence-corrected chi connectivity index (χ3v) is 5.00. The lowest BCUT2D eigenvalue weighted by atomic mass is 10.0. The Morgan fingerprint density at radius 1 is 1.35 bits per heavy atom. The van der Waals surface area contributed by atoms with E-state index in [0.717, 1.165) is 23.0 Å². The van der Waals surface area contributed by atoms with Gasteiger partial charge in [-0.25, -0.2) is 9.78 Å². The van der Waals surface area contributed by atoms with Crippen LogP contribution < -0.4 is 5.32 Å². The number of rotatable bonds is 5. The molecule has 0 radical (unpaired) electrons. The van der Waals surface area contributed by atoms with E-state index in [-0.39, 0.29) is 18.5 Å². The molecule has 1 aliphatic carbocycles. The monoisotopic (exact) mass is 293 g/mol. The summed E-state index contributed by atoms with van der Waals surface area (Å²) in [7, 11) is 0. The predicted octanol–water partition coefficient (Wildman–Crippen LogP) is 2.32. The van der Waals surface area contributed by atoms with Gasteiger partial charge in [-0.05, 0) is 18.8 Å². The summed E-state index contributed by atoms with van der Waals surface area (Å²) >= 11 is 1.54. The Labute approximate surface area is 122 Å². The van der Waals surface area contributed by atoms with E-state index in [0.29, 0.717) is 6.54 Å². The van der Waals surface area contributed by atoms with Crippen molar-refractivity contribution < 1.29 is 9.59 Å². The van der Waals surface area contributed by atoms with Gasteiger partial charge in [0.2, 0.25) is 5.91 Å². The largest absolute Gasteiger partial charge is 0.329 e. The molecule has 0 bridgehead atoms. The Hall–Kier alpha value is -1.43. The Kier molecular flexibility index (Phi) is 4.00. The molecule has 1 aromatic rings. The molecule has 1 saturated carbocycles. The molecule has 0 spiro atoms. The van der Waals surface area contributed by atoms with Crippen LogP contribution in [0, 0.1) is 5.92 Å². The zero-order valence-corrected chi connectivity index (χ0v) is 12.2. The Morgan fingerprint density at radius 3 is 2.85 bits per heavy atom. The minimum atomic E-state index is -0.308. The predicted molar refractivity (Wildman–Crippen MR) is 76.3 cm³/mol. The fourth-order valence-electron chi connectivity index (χ4n) is 2.94. The van der Waals surface area contributed by atoms with Crippen LogP contribution in [0.5, 0.6) is 0 Å². The first-order valence-electron chi connectivity index (χ1n) is 7.24. The Morgan fingerprint density at radius 2 is 2.15 bits per heavy atom. The van der Waals surface area contributed by atoms with Crippen LogP contribution in [0.25, 0.3) is 0 Å². The van der Waals surface area contributed by atoms with Crippen LogP contribution in [0.15, 0.2) is 5.38 Å². The molecule has 0 aromatic carbocycles. The van der Waals surface area contributed by atoms with E-state index in [9.17, 15) is 9.59 Å². The lowest BCUT2D eigenvalue weighted by Crippen LogP contribution is -2.30. The number of urea groups is 1. The van der Waals surface area contributed by atoms with Crippen LogP contribution in [0.3, 0.4) is 0 Å². The van der Waals surface area contributed by atoms with Gasteiger partial charge < -0.3 is 5.32 Å². The molecule has 108 valence electrons. The molecule has 0 unspecified atom stereocenters. The molecule has 20 heavy (non-hydrogen) atoms. The molecule has 2 aliphatic rings. The molecular weight excluding hydrogens is 274 g/mol. The first kappa shape index (κ1) is 13.5. The zero-order chi connectivity index (χ0) is 13.9. The van der Waals surface area contributed by atoms with Crippen molar-refractivity contribution >= 4 is 23.3 Å². The van der Waals surface area contributed by atoms with Gasteiger partial charge in [-0.3, -0.25) is 9.69 Å². The van der Waals surface area contributed by atoms with Gasteiger partial charge in [-0.1, -0.05) is 25.7 Å². The lowest BCUT2D eigenvalue weighted by molar-refractivity contribution is -0.125. The molecule has 1 aromatic heterocycles. The molecule has 5 nitrogen and oxygen atoms in total. The molecule has 6 heteroatoms. The number of thiazole rings is 1. The molecule has 2 heterocycles. The second-order valence-corrected chi connectivity index (χ2v) is 6.50. The SMILES string of the molecule is O=C1CNC(=O)N1Cc1nc(CCC2CCCC2)cs1. The number of aryl methyl sites for hydroxylation is 1. The van der Waals surface area contributed by atoms with Crippen LogP contribution in [0.1, 0.15) is 42.8 Å². The summed E-state index contributed by atoms with van der Waals surface area (Å²) in [6.07, 6.45) is 7.70. The van der Waals surface area contributed by atoms with Gasteiger partial charge in [0, 0.05) is 5.38 Å². The van der Waals surface area contributed by atoms with Gasteiger partial charge in [0.15, 0.2) is 0 Å². The number of hydrogen-bond donors (Lipinski definition) is 1.